The van der Waals surface area contributed by atoms with Gasteiger partial charge in [-0.25, -0.2) is 9.18 Å². The lowest BCUT2D eigenvalue weighted by atomic mass is 10.1. The summed E-state index contributed by atoms with van der Waals surface area (Å²) in [6, 6.07) is 4.79. The first-order chi connectivity index (χ1) is 8.65. The smallest absolute Gasteiger partial charge is 0.317 e. The number of aryl methyl sites for hydroxylation is 1. The van der Waals surface area contributed by atoms with Gasteiger partial charge in [0, 0.05) is 13.1 Å². The van der Waals surface area contributed by atoms with Gasteiger partial charge in [0.15, 0.2) is 0 Å². The number of hydrogen-bond donors (Lipinski definition) is 1. The quantitative estimate of drug-likeness (QED) is 0.879. The Labute approximate surface area is 107 Å². The van der Waals surface area contributed by atoms with Crippen molar-refractivity contribution >= 4 is 6.03 Å². The van der Waals surface area contributed by atoms with Crippen LogP contribution in [0.2, 0.25) is 0 Å². The lowest BCUT2D eigenvalue weighted by molar-refractivity contribution is 0.199. The molecule has 18 heavy (non-hydrogen) atoms. The van der Waals surface area contributed by atoms with Crippen molar-refractivity contribution in [3.05, 3.63) is 35.1 Å². The first kappa shape index (κ1) is 12.9. The summed E-state index contributed by atoms with van der Waals surface area (Å²) in [4.78, 5) is 13.7. The van der Waals surface area contributed by atoms with Gasteiger partial charge in [-0.1, -0.05) is 6.07 Å². The molecule has 0 saturated heterocycles. The second-order valence-corrected chi connectivity index (χ2v) is 4.56. The van der Waals surface area contributed by atoms with Gasteiger partial charge >= 0.3 is 6.03 Å². The Bertz CT molecular complexity index is 443. The van der Waals surface area contributed by atoms with Crippen LogP contribution < -0.4 is 5.32 Å². The van der Waals surface area contributed by atoms with E-state index in [1.54, 1.807) is 17.0 Å². The third-order valence-electron chi connectivity index (χ3n) is 3.53. The van der Waals surface area contributed by atoms with E-state index in [0.29, 0.717) is 13.1 Å². The summed E-state index contributed by atoms with van der Waals surface area (Å²) in [5, 5.41) is 3.02. The highest BCUT2D eigenvalue weighted by atomic mass is 19.1. The second-order valence-electron chi connectivity index (χ2n) is 4.56. The van der Waals surface area contributed by atoms with Gasteiger partial charge in [0.05, 0.1) is 6.04 Å². The van der Waals surface area contributed by atoms with Crippen LogP contribution in [0.5, 0.6) is 0 Å². The second kappa shape index (κ2) is 5.38. The fourth-order valence-electron chi connectivity index (χ4n) is 2.49. The van der Waals surface area contributed by atoms with E-state index in [0.717, 1.165) is 24.0 Å². The van der Waals surface area contributed by atoms with Crippen LogP contribution >= 0.6 is 0 Å². The number of amides is 2. The topological polar surface area (TPSA) is 32.3 Å². The summed E-state index contributed by atoms with van der Waals surface area (Å²) in [6.07, 6.45) is 1.68. The number of nitrogens with zero attached hydrogens (tertiary/aromatic N) is 1. The van der Waals surface area contributed by atoms with Crippen LogP contribution in [0.15, 0.2) is 18.2 Å². The third kappa shape index (κ3) is 2.47. The maximum absolute atomic E-state index is 13.1. The molecule has 1 aromatic rings. The number of carbonyl (C=O) groups excluding carboxylic acids is 1. The van der Waals surface area contributed by atoms with Crippen LogP contribution in [0.1, 0.15) is 37.4 Å². The molecule has 98 valence electrons. The molecule has 0 fully saturated rings. The van der Waals surface area contributed by atoms with Gasteiger partial charge < -0.3 is 10.2 Å². The van der Waals surface area contributed by atoms with Crippen LogP contribution in [0, 0.1) is 5.82 Å². The molecule has 3 nitrogen and oxygen atoms in total. The minimum atomic E-state index is -0.204. The van der Waals surface area contributed by atoms with Crippen molar-refractivity contribution in [2.45, 2.75) is 32.7 Å². The molecule has 0 aliphatic heterocycles. The highest BCUT2D eigenvalue weighted by Crippen LogP contribution is 2.31. The number of urea groups is 1. The fraction of sp³-hybridized carbons (Fsp3) is 0.500. The molecule has 0 aromatic heterocycles. The Hall–Kier alpha value is -1.58. The summed E-state index contributed by atoms with van der Waals surface area (Å²) < 4.78 is 13.1. The van der Waals surface area contributed by atoms with E-state index in [9.17, 15) is 9.18 Å². The summed E-state index contributed by atoms with van der Waals surface area (Å²) in [6.45, 7) is 5.32. The van der Waals surface area contributed by atoms with Crippen LogP contribution in [0.4, 0.5) is 9.18 Å². The first-order valence-corrected chi connectivity index (χ1v) is 6.49. The lowest BCUT2D eigenvalue weighted by Gasteiger charge is -2.22. The fourth-order valence-corrected chi connectivity index (χ4v) is 2.49. The van der Waals surface area contributed by atoms with Crippen molar-refractivity contribution in [1.29, 1.82) is 0 Å². The standard InChI is InChI=1S/C14H19FN2O/c1-3-17(4-2)14(18)16-13-8-5-10-9-11(15)6-7-12(10)13/h6-7,9,13H,3-5,8H2,1-2H3,(H,16,18)/t13-/m0/s1. The zero-order valence-corrected chi connectivity index (χ0v) is 10.9. The molecule has 1 aliphatic carbocycles. The Morgan fingerprint density at radius 2 is 2.17 bits per heavy atom. The van der Waals surface area contributed by atoms with Gasteiger partial charge in [-0.3, -0.25) is 0 Å². The zero-order valence-electron chi connectivity index (χ0n) is 10.9. The van der Waals surface area contributed by atoms with Gasteiger partial charge in [0.1, 0.15) is 5.82 Å². The molecule has 1 aliphatic rings. The number of carbonyl (C=O) groups is 1. The predicted octanol–water partition coefficient (Wildman–Crippen LogP) is 2.86. The Morgan fingerprint density at radius 1 is 1.44 bits per heavy atom. The summed E-state index contributed by atoms with van der Waals surface area (Å²) in [5.74, 6) is -0.204. The minimum absolute atomic E-state index is 0.0219. The summed E-state index contributed by atoms with van der Waals surface area (Å²) >= 11 is 0. The van der Waals surface area contributed by atoms with E-state index in [4.69, 9.17) is 0 Å². The van der Waals surface area contributed by atoms with Crippen molar-refractivity contribution in [2.24, 2.45) is 0 Å². The maximum Gasteiger partial charge on any atom is 0.317 e. The monoisotopic (exact) mass is 250 g/mol. The molecule has 0 saturated carbocycles. The minimum Gasteiger partial charge on any atom is -0.331 e. The van der Waals surface area contributed by atoms with Crippen molar-refractivity contribution in [1.82, 2.24) is 10.2 Å². The molecule has 4 heteroatoms. The van der Waals surface area contributed by atoms with Gasteiger partial charge in [-0.2, -0.15) is 0 Å². The van der Waals surface area contributed by atoms with Gasteiger partial charge in [0.25, 0.3) is 0 Å². The van der Waals surface area contributed by atoms with Crippen LogP contribution in [0.25, 0.3) is 0 Å². The molecule has 0 radical (unpaired) electrons. The van der Waals surface area contributed by atoms with Crippen LogP contribution in [-0.4, -0.2) is 24.0 Å². The van der Waals surface area contributed by atoms with E-state index in [-0.39, 0.29) is 17.9 Å². The summed E-state index contributed by atoms with van der Waals surface area (Å²) in [5.41, 5.74) is 2.07. The van der Waals surface area contributed by atoms with Crippen molar-refractivity contribution in [2.75, 3.05) is 13.1 Å². The number of nitrogens with one attached hydrogen (secondary N) is 1. The highest BCUT2D eigenvalue weighted by molar-refractivity contribution is 5.74. The maximum atomic E-state index is 13.1. The molecule has 1 atom stereocenters. The van der Waals surface area contributed by atoms with Gasteiger partial charge in [-0.15, -0.1) is 0 Å². The van der Waals surface area contributed by atoms with Gasteiger partial charge in [-0.05, 0) is 49.9 Å². The Kier molecular flexibility index (Phi) is 3.84. The summed E-state index contributed by atoms with van der Waals surface area (Å²) in [7, 11) is 0. The lowest BCUT2D eigenvalue weighted by Crippen LogP contribution is -2.40. The van der Waals surface area contributed by atoms with E-state index in [2.05, 4.69) is 5.32 Å². The molecule has 2 rings (SSSR count). The largest absolute Gasteiger partial charge is 0.331 e. The van der Waals surface area contributed by atoms with E-state index >= 15 is 0 Å². The zero-order chi connectivity index (χ0) is 13.1. The van der Waals surface area contributed by atoms with E-state index in [1.807, 2.05) is 13.8 Å². The molecule has 2 amide bonds. The Morgan fingerprint density at radius 3 is 2.83 bits per heavy atom. The number of benzene rings is 1. The molecule has 0 spiro atoms. The van der Waals surface area contributed by atoms with E-state index < -0.39 is 0 Å². The molecule has 0 unspecified atom stereocenters. The number of halogens is 1. The average molecular weight is 250 g/mol. The number of rotatable bonds is 3. The molecular formula is C14H19FN2O. The molecule has 1 aromatic carbocycles. The average Bonchev–Trinajstić information content (AvgIpc) is 2.73. The van der Waals surface area contributed by atoms with Crippen molar-refractivity contribution < 1.29 is 9.18 Å². The number of hydrogen-bond acceptors (Lipinski definition) is 1. The normalized spacial score (nSPS) is 17.4. The molecule has 0 bridgehead atoms. The van der Waals surface area contributed by atoms with Crippen LogP contribution in [0.3, 0.4) is 0 Å². The molecular weight excluding hydrogens is 231 g/mol. The van der Waals surface area contributed by atoms with Crippen molar-refractivity contribution in [3.63, 3.8) is 0 Å². The Balaban J connectivity index is 2.08. The highest BCUT2D eigenvalue weighted by Gasteiger charge is 2.25. The third-order valence-corrected chi connectivity index (χ3v) is 3.53. The van der Waals surface area contributed by atoms with Crippen molar-refractivity contribution in [3.8, 4) is 0 Å². The number of fused-ring (bicyclic) bond motifs is 1. The molecule has 0 heterocycles. The first-order valence-electron chi connectivity index (χ1n) is 6.49. The SMILES string of the molecule is CCN(CC)C(=O)N[C@H]1CCc2cc(F)ccc21. The van der Waals surface area contributed by atoms with E-state index in [1.165, 1.54) is 6.07 Å². The molecule has 1 N–H and O–H groups in total. The predicted molar refractivity (Wildman–Crippen MR) is 68.9 cm³/mol. The van der Waals surface area contributed by atoms with Crippen LogP contribution in [-0.2, 0) is 6.42 Å². The van der Waals surface area contributed by atoms with Gasteiger partial charge in [0.2, 0.25) is 0 Å².